The number of rotatable bonds is 1. The summed E-state index contributed by atoms with van der Waals surface area (Å²) in [5.41, 5.74) is -0.820. The van der Waals surface area contributed by atoms with Crippen LogP contribution in [-0.2, 0) is 0 Å². The first-order valence-corrected chi connectivity index (χ1v) is 4.20. The normalized spacial score (nSPS) is 53.9. The first-order valence-electron chi connectivity index (χ1n) is 4.20. The molecule has 4 atom stereocenters. The van der Waals surface area contributed by atoms with Gasteiger partial charge in [-0.1, -0.05) is 19.1 Å². The molecule has 2 rings (SSSR count). The first-order chi connectivity index (χ1) is 5.18. The molecule has 2 bridgehead atoms. The molecule has 2 N–H and O–H groups in total. The Morgan fingerprint density at radius 1 is 1.55 bits per heavy atom. The Kier molecular flexibility index (Phi) is 1.38. The number of hydrogen-bond acceptors (Lipinski definition) is 2. The van der Waals surface area contributed by atoms with Gasteiger partial charge in [-0.25, -0.2) is 0 Å². The van der Waals surface area contributed by atoms with Crippen LogP contribution >= 0.6 is 0 Å². The third-order valence-corrected chi connectivity index (χ3v) is 3.44. The van der Waals surface area contributed by atoms with Crippen LogP contribution in [0.3, 0.4) is 0 Å². The van der Waals surface area contributed by atoms with Gasteiger partial charge < -0.3 is 10.2 Å². The van der Waals surface area contributed by atoms with Crippen LogP contribution in [0, 0.1) is 17.8 Å². The highest BCUT2D eigenvalue weighted by Gasteiger charge is 2.52. The number of hydrogen-bond donors (Lipinski definition) is 2. The van der Waals surface area contributed by atoms with Crippen molar-refractivity contribution in [2.24, 2.45) is 17.8 Å². The maximum Gasteiger partial charge on any atom is 0.0970 e. The summed E-state index contributed by atoms with van der Waals surface area (Å²) in [6.07, 6.45) is 5.23. The average Bonchev–Trinajstić information content (AvgIpc) is 2.56. The topological polar surface area (TPSA) is 40.5 Å². The SMILES string of the molecule is C[C@@H]1[C@H]2C=C[C@H](C2)C1(O)CO. The zero-order valence-electron chi connectivity index (χ0n) is 6.70. The van der Waals surface area contributed by atoms with Gasteiger partial charge in [0.15, 0.2) is 0 Å². The van der Waals surface area contributed by atoms with Crippen LogP contribution in [-0.4, -0.2) is 22.4 Å². The highest BCUT2D eigenvalue weighted by molar-refractivity contribution is 5.19. The van der Waals surface area contributed by atoms with Crippen molar-refractivity contribution >= 4 is 0 Å². The van der Waals surface area contributed by atoms with Gasteiger partial charge >= 0.3 is 0 Å². The molecule has 0 aromatic rings. The maximum absolute atomic E-state index is 9.96. The average molecular weight is 154 g/mol. The smallest absolute Gasteiger partial charge is 0.0970 e. The van der Waals surface area contributed by atoms with Crippen LogP contribution in [0.5, 0.6) is 0 Å². The standard InChI is InChI=1S/C9H14O2/c1-6-7-2-3-8(4-7)9(6,11)5-10/h2-3,6-8,10-11H,4-5H2,1H3/t6-,7+,8-,9?/m1/s1. The van der Waals surface area contributed by atoms with Crippen LogP contribution in [0.2, 0.25) is 0 Å². The molecule has 2 nitrogen and oxygen atoms in total. The lowest BCUT2D eigenvalue weighted by molar-refractivity contribution is -0.0668. The van der Waals surface area contributed by atoms with E-state index < -0.39 is 5.60 Å². The van der Waals surface area contributed by atoms with E-state index in [1.807, 2.05) is 13.0 Å². The molecule has 0 aliphatic heterocycles. The van der Waals surface area contributed by atoms with E-state index in [4.69, 9.17) is 5.11 Å². The monoisotopic (exact) mass is 154 g/mol. The van der Waals surface area contributed by atoms with Gasteiger partial charge in [0.05, 0.1) is 12.2 Å². The summed E-state index contributed by atoms with van der Waals surface area (Å²) in [5, 5.41) is 19.0. The molecule has 0 radical (unpaired) electrons. The molecule has 62 valence electrons. The van der Waals surface area contributed by atoms with Crippen LogP contribution in [0.15, 0.2) is 12.2 Å². The summed E-state index contributed by atoms with van der Waals surface area (Å²) >= 11 is 0. The van der Waals surface area contributed by atoms with Crippen LogP contribution < -0.4 is 0 Å². The molecule has 2 aliphatic rings. The molecule has 2 aliphatic carbocycles. The largest absolute Gasteiger partial charge is 0.393 e. The van der Waals surface area contributed by atoms with E-state index in [0.717, 1.165) is 6.42 Å². The Balaban J connectivity index is 2.31. The summed E-state index contributed by atoms with van der Waals surface area (Å²) in [4.78, 5) is 0. The Hall–Kier alpha value is -0.340. The predicted molar refractivity (Wildman–Crippen MR) is 41.9 cm³/mol. The van der Waals surface area contributed by atoms with Gasteiger partial charge in [-0.05, 0) is 18.3 Å². The molecular weight excluding hydrogens is 140 g/mol. The van der Waals surface area contributed by atoms with Gasteiger partial charge in [-0.3, -0.25) is 0 Å². The second-order valence-corrected chi connectivity index (χ2v) is 3.83. The predicted octanol–water partition coefficient (Wildman–Crippen LogP) is 0.552. The molecule has 0 aromatic carbocycles. The zero-order valence-corrected chi connectivity index (χ0v) is 6.70. The third-order valence-electron chi connectivity index (χ3n) is 3.44. The van der Waals surface area contributed by atoms with Crippen molar-refractivity contribution in [1.29, 1.82) is 0 Å². The van der Waals surface area contributed by atoms with E-state index in [1.54, 1.807) is 0 Å². The Morgan fingerprint density at radius 3 is 2.64 bits per heavy atom. The van der Waals surface area contributed by atoms with Crippen molar-refractivity contribution < 1.29 is 10.2 Å². The van der Waals surface area contributed by atoms with E-state index in [0.29, 0.717) is 5.92 Å². The summed E-state index contributed by atoms with van der Waals surface area (Å²) in [6.45, 7) is 1.92. The van der Waals surface area contributed by atoms with E-state index in [-0.39, 0.29) is 18.4 Å². The Morgan fingerprint density at radius 2 is 2.27 bits per heavy atom. The maximum atomic E-state index is 9.96. The molecule has 0 saturated heterocycles. The van der Waals surface area contributed by atoms with Crippen molar-refractivity contribution in [3.8, 4) is 0 Å². The second-order valence-electron chi connectivity index (χ2n) is 3.83. The van der Waals surface area contributed by atoms with Crippen molar-refractivity contribution in [1.82, 2.24) is 0 Å². The van der Waals surface area contributed by atoms with E-state index in [9.17, 15) is 5.11 Å². The molecule has 1 fully saturated rings. The summed E-state index contributed by atoms with van der Waals surface area (Å²) in [7, 11) is 0. The van der Waals surface area contributed by atoms with Gasteiger partial charge in [0, 0.05) is 5.92 Å². The first kappa shape index (κ1) is 7.32. The van der Waals surface area contributed by atoms with Gasteiger partial charge in [0.2, 0.25) is 0 Å². The van der Waals surface area contributed by atoms with Gasteiger partial charge in [-0.2, -0.15) is 0 Å². The van der Waals surface area contributed by atoms with Gasteiger partial charge in [0.25, 0.3) is 0 Å². The van der Waals surface area contributed by atoms with Crippen molar-refractivity contribution in [2.45, 2.75) is 18.9 Å². The lowest BCUT2D eigenvalue weighted by Gasteiger charge is -2.33. The number of allylic oxidation sites excluding steroid dienone is 1. The number of fused-ring (bicyclic) bond motifs is 2. The van der Waals surface area contributed by atoms with Gasteiger partial charge in [-0.15, -0.1) is 0 Å². The summed E-state index contributed by atoms with van der Waals surface area (Å²) in [5.74, 6) is 0.923. The number of aliphatic hydroxyl groups is 2. The van der Waals surface area contributed by atoms with Crippen LogP contribution in [0.25, 0.3) is 0 Å². The molecular formula is C9H14O2. The molecule has 2 heteroatoms. The minimum Gasteiger partial charge on any atom is -0.393 e. The minimum absolute atomic E-state index is 0.0975. The molecule has 11 heavy (non-hydrogen) atoms. The lowest BCUT2D eigenvalue weighted by atomic mass is 9.81. The zero-order chi connectivity index (χ0) is 8.06. The van der Waals surface area contributed by atoms with Crippen molar-refractivity contribution in [3.63, 3.8) is 0 Å². The third kappa shape index (κ3) is 0.741. The van der Waals surface area contributed by atoms with Crippen molar-refractivity contribution in [2.75, 3.05) is 6.61 Å². The minimum atomic E-state index is -0.820. The lowest BCUT2D eigenvalue weighted by Crippen LogP contribution is -2.43. The molecule has 1 unspecified atom stereocenters. The number of aliphatic hydroxyl groups excluding tert-OH is 1. The van der Waals surface area contributed by atoms with Gasteiger partial charge in [0.1, 0.15) is 0 Å². The molecule has 0 aromatic heterocycles. The highest BCUT2D eigenvalue weighted by Crippen LogP contribution is 2.49. The molecule has 0 heterocycles. The van der Waals surface area contributed by atoms with E-state index in [1.165, 1.54) is 0 Å². The molecule has 1 saturated carbocycles. The van der Waals surface area contributed by atoms with Crippen LogP contribution in [0.4, 0.5) is 0 Å². The summed E-state index contributed by atoms with van der Waals surface area (Å²) < 4.78 is 0. The Bertz CT molecular complexity index is 200. The van der Waals surface area contributed by atoms with Crippen LogP contribution in [0.1, 0.15) is 13.3 Å². The highest BCUT2D eigenvalue weighted by atomic mass is 16.3. The van der Waals surface area contributed by atoms with Crippen molar-refractivity contribution in [3.05, 3.63) is 12.2 Å². The Labute approximate surface area is 66.5 Å². The quantitative estimate of drug-likeness (QED) is 0.541. The molecule has 0 spiro atoms. The second kappa shape index (κ2) is 2.08. The fourth-order valence-corrected chi connectivity index (χ4v) is 2.44. The summed E-state index contributed by atoms with van der Waals surface area (Å²) in [6, 6.07) is 0. The fraction of sp³-hybridized carbons (Fsp3) is 0.778. The van der Waals surface area contributed by atoms with E-state index >= 15 is 0 Å². The fourth-order valence-electron chi connectivity index (χ4n) is 2.44. The van der Waals surface area contributed by atoms with E-state index in [2.05, 4.69) is 6.08 Å². The molecule has 0 amide bonds.